The monoisotopic (exact) mass is 477 g/mol. The number of carbonyl (C=O) groups is 3. The van der Waals surface area contributed by atoms with Crippen LogP contribution in [0.15, 0.2) is 36.4 Å². The number of rotatable bonds is 4. The van der Waals surface area contributed by atoms with Gasteiger partial charge in [0, 0.05) is 47.7 Å². The Morgan fingerprint density at radius 3 is 2.06 bits per heavy atom. The fourth-order valence-corrected chi connectivity index (χ4v) is 4.38. The summed E-state index contributed by atoms with van der Waals surface area (Å²) in [6.07, 6.45) is 0.810. The van der Waals surface area contributed by atoms with Crippen molar-refractivity contribution in [2.24, 2.45) is 11.8 Å². The van der Waals surface area contributed by atoms with E-state index in [2.05, 4.69) is 5.32 Å². The topological polar surface area (TPSA) is 69.7 Å². The van der Waals surface area contributed by atoms with Gasteiger partial charge in [0.05, 0.1) is 11.3 Å². The second kappa shape index (κ2) is 9.08. The summed E-state index contributed by atoms with van der Waals surface area (Å²) >= 11 is 12.0. The van der Waals surface area contributed by atoms with Gasteiger partial charge in [-0.3, -0.25) is 14.4 Å². The molecular weight excluding hydrogens is 456 g/mol. The van der Waals surface area contributed by atoms with Crippen molar-refractivity contribution in [2.45, 2.75) is 13.3 Å². The molecule has 2 aliphatic rings. The molecule has 2 unspecified atom stereocenters. The molecule has 2 aromatic rings. The minimum absolute atomic E-state index is 0.0717. The molecule has 1 aliphatic carbocycles. The normalized spacial score (nSPS) is 20.1. The summed E-state index contributed by atoms with van der Waals surface area (Å²) in [6, 6.07) is 8.42. The lowest BCUT2D eigenvalue weighted by Gasteiger charge is -2.35. The van der Waals surface area contributed by atoms with Gasteiger partial charge in [-0.05, 0) is 48.7 Å². The van der Waals surface area contributed by atoms with Crippen molar-refractivity contribution in [3.63, 3.8) is 0 Å². The lowest BCUT2D eigenvalue weighted by molar-refractivity contribution is -0.117. The molecule has 1 heterocycles. The van der Waals surface area contributed by atoms with Crippen molar-refractivity contribution in [1.82, 2.24) is 9.80 Å². The Hall–Kier alpha value is -2.64. The third-order valence-electron chi connectivity index (χ3n) is 5.88. The van der Waals surface area contributed by atoms with Crippen LogP contribution in [0.5, 0.6) is 0 Å². The average Bonchev–Trinajstić information content (AvgIpc) is 3.50. The second-order valence-corrected chi connectivity index (χ2v) is 9.11. The van der Waals surface area contributed by atoms with Crippen LogP contribution < -0.4 is 5.32 Å². The van der Waals surface area contributed by atoms with Gasteiger partial charge in [-0.2, -0.15) is 0 Å². The van der Waals surface area contributed by atoms with Gasteiger partial charge in [-0.15, -0.1) is 0 Å². The van der Waals surface area contributed by atoms with E-state index in [0.717, 1.165) is 12.5 Å². The first-order chi connectivity index (χ1) is 15.2. The van der Waals surface area contributed by atoms with Crippen LogP contribution in [-0.2, 0) is 4.79 Å². The van der Waals surface area contributed by atoms with Crippen LogP contribution in [0.25, 0.3) is 0 Å². The summed E-state index contributed by atoms with van der Waals surface area (Å²) in [6.45, 7) is 3.17. The van der Waals surface area contributed by atoms with Crippen LogP contribution in [0.1, 0.15) is 34.1 Å². The maximum absolute atomic E-state index is 13.9. The van der Waals surface area contributed by atoms with E-state index in [9.17, 15) is 18.8 Å². The van der Waals surface area contributed by atoms with Crippen molar-refractivity contribution >= 4 is 46.6 Å². The zero-order valence-corrected chi connectivity index (χ0v) is 18.9. The van der Waals surface area contributed by atoms with E-state index >= 15 is 0 Å². The molecule has 2 atom stereocenters. The standard InChI is InChI=1S/C23H22Cl2FN3O3/c1-13-8-18(13)21(30)27-20-3-2-17(26)12-19(20)23(32)29-6-4-28(5-7-29)22(31)14-9-15(24)11-16(25)10-14/h2-3,9-13,18H,4-8H2,1H3,(H,27,30). The van der Waals surface area contributed by atoms with E-state index < -0.39 is 5.82 Å². The number of halogens is 3. The quantitative estimate of drug-likeness (QED) is 0.712. The number of hydrogen-bond acceptors (Lipinski definition) is 3. The van der Waals surface area contributed by atoms with Gasteiger partial charge in [-0.1, -0.05) is 30.1 Å². The van der Waals surface area contributed by atoms with Crippen LogP contribution >= 0.6 is 23.2 Å². The molecule has 32 heavy (non-hydrogen) atoms. The first-order valence-corrected chi connectivity index (χ1v) is 11.1. The van der Waals surface area contributed by atoms with Crippen LogP contribution in [-0.4, -0.2) is 53.7 Å². The summed E-state index contributed by atoms with van der Waals surface area (Å²) < 4.78 is 13.9. The lowest BCUT2D eigenvalue weighted by Crippen LogP contribution is -2.50. The molecule has 2 aromatic carbocycles. The first-order valence-electron chi connectivity index (χ1n) is 10.4. The number of piperazine rings is 1. The molecule has 3 amide bonds. The molecular formula is C23H22Cl2FN3O3. The van der Waals surface area contributed by atoms with Gasteiger partial charge in [-0.25, -0.2) is 4.39 Å². The molecule has 1 N–H and O–H groups in total. The molecule has 1 saturated carbocycles. The van der Waals surface area contributed by atoms with Gasteiger partial charge >= 0.3 is 0 Å². The lowest BCUT2D eigenvalue weighted by atomic mass is 10.1. The number of benzene rings is 2. The minimum Gasteiger partial charge on any atom is -0.335 e. The zero-order valence-electron chi connectivity index (χ0n) is 17.4. The fraction of sp³-hybridized carbons (Fsp3) is 0.348. The molecule has 1 saturated heterocycles. The summed E-state index contributed by atoms with van der Waals surface area (Å²) in [4.78, 5) is 41.4. The van der Waals surface area contributed by atoms with E-state index in [1.807, 2.05) is 6.92 Å². The Kier molecular flexibility index (Phi) is 6.40. The van der Waals surface area contributed by atoms with Crippen LogP contribution in [0.2, 0.25) is 10.0 Å². The highest BCUT2D eigenvalue weighted by Gasteiger charge is 2.39. The molecule has 4 rings (SSSR count). The first kappa shape index (κ1) is 22.6. The SMILES string of the molecule is CC1CC1C(=O)Nc1ccc(F)cc1C(=O)N1CCN(C(=O)c2cc(Cl)cc(Cl)c2)CC1. The van der Waals surface area contributed by atoms with Crippen molar-refractivity contribution in [1.29, 1.82) is 0 Å². The molecule has 0 aromatic heterocycles. The third-order valence-corrected chi connectivity index (χ3v) is 6.32. The molecule has 2 fully saturated rings. The van der Waals surface area contributed by atoms with Gasteiger partial charge < -0.3 is 15.1 Å². The number of amides is 3. The zero-order chi connectivity index (χ0) is 23.0. The molecule has 6 nitrogen and oxygen atoms in total. The number of nitrogens with one attached hydrogen (secondary N) is 1. The van der Waals surface area contributed by atoms with Crippen molar-refractivity contribution in [2.75, 3.05) is 31.5 Å². The fourth-order valence-electron chi connectivity index (χ4n) is 3.86. The maximum atomic E-state index is 13.9. The highest BCUT2D eigenvalue weighted by Crippen LogP contribution is 2.38. The van der Waals surface area contributed by atoms with Crippen molar-refractivity contribution in [3.8, 4) is 0 Å². The summed E-state index contributed by atoms with van der Waals surface area (Å²) in [7, 11) is 0. The average molecular weight is 478 g/mol. The van der Waals surface area contributed by atoms with Crippen LogP contribution in [0.4, 0.5) is 10.1 Å². The Morgan fingerprint density at radius 2 is 1.50 bits per heavy atom. The Morgan fingerprint density at radius 1 is 0.938 bits per heavy atom. The Balaban J connectivity index is 1.43. The number of anilines is 1. The molecule has 0 spiro atoms. The number of nitrogens with zero attached hydrogens (tertiary/aromatic N) is 2. The highest BCUT2D eigenvalue weighted by atomic mass is 35.5. The summed E-state index contributed by atoms with van der Waals surface area (Å²) in [5.41, 5.74) is 0.785. The summed E-state index contributed by atoms with van der Waals surface area (Å²) in [5.74, 6) is -1.08. The Bertz CT molecular complexity index is 1070. The van der Waals surface area contributed by atoms with E-state index in [1.165, 1.54) is 12.1 Å². The van der Waals surface area contributed by atoms with Gasteiger partial charge in [0.15, 0.2) is 0 Å². The maximum Gasteiger partial charge on any atom is 0.256 e. The molecule has 9 heteroatoms. The molecule has 0 radical (unpaired) electrons. The predicted molar refractivity (Wildman–Crippen MR) is 121 cm³/mol. The van der Waals surface area contributed by atoms with Gasteiger partial charge in [0.2, 0.25) is 5.91 Å². The Labute approximate surface area is 195 Å². The second-order valence-electron chi connectivity index (χ2n) is 8.24. The largest absolute Gasteiger partial charge is 0.335 e. The molecule has 1 aliphatic heterocycles. The van der Waals surface area contributed by atoms with Gasteiger partial charge in [0.1, 0.15) is 5.82 Å². The van der Waals surface area contributed by atoms with E-state index in [0.29, 0.717) is 40.3 Å². The van der Waals surface area contributed by atoms with E-state index in [1.54, 1.807) is 28.0 Å². The van der Waals surface area contributed by atoms with Crippen LogP contribution in [0, 0.1) is 17.7 Å². The van der Waals surface area contributed by atoms with Crippen molar-refractivity contribution < 1.29 is 18.8 Å². The number of hydrogen-bond donors (Lipinski definition) is 1. The molecule has 168 valence electrons. The third kappa shape index (κ3) is 4.89. The number of carbonyl (C=O) groups excluding carboxylic acids is 3. The van der Waals surface area contributed by atoms with E-state index in [-0.39, 0.29) is 42.3 Å². The smallest absolute Gasteiger partial charge is 0.256 e. The van der Waals surface area contributed by atoms with Crippen LogP contribution in [0.3, 0.4) is 0 Å². The predicted octanol–water partition coefficient (Wildman–Crippen LogP) is 4.33. The van der Waals surface area contributed by atoms with E-state index in [4.69, 9.17) is 23.2 Å². The van der Waals surface area contributed by atoms with Gasteiger partial charge in [0.25, 0.3) is 11.8 Å². The molecule has 0 bridgehead atoms. The summed E-state index contributed by atoms with van der Waals surface area (Å²) in [5, 5.41) is 3.51. The highest BCUT2D eigenvalue weighted by molar-refractivity contribution is 6.35. The minimum atomic E-state index is -0.558. The van der Waals surface area contributed by atoms with Crippen molar-refractivity contribution in [3.05, 3.63) is 63.4 Å².